The summed E-state index contributed by atoms with van der Waals surface area (Å²) < 4.78 is 0. The minimum absolute atomic E-state index is 0.118. The standard InChI is InChI=1S/C10H15NO/c1-7-5-8-3-2-4-10(11,6-7)9(8)12/h2-3,7-8H,4-6,11H2,1H3. The zero-order valence-corrected chi connectivity index (χ0v) is 7.42. The van der Waals surface area contributed by atoms with Crippen molar-refractivity contribution >= 4 is 5.78 Å². The lowest BCUT2D eigenvalue weighted by molar-refractivity contribution is -0.130. The molecule has 0 aromatic carbocycles. The van der Waals surface area contributed by atoms with Crippen LogP contribution in [0.5, 0.6) is 0 Å². The summed E-state index contributed by atoms with van der Waals surface area (Å²) in [5.74, 6) is 0.984. The van der Waals surface area contributed by atoms with Gasteiger partial charge < -0.3 is 5.73 Å². The summed E-state index contributed by atoms with van der Waals surface area (Å²) in [4.78, 5) is 11.7. The second kappa shape index (κ2) is 2.43. The lowest BCUT2D eigenvalue weighted by atomic mass is 9.66. The van der Waals surface area contributed by atoms with E-state index in [9.17, 15) is 4.79 Å². The quantitative estimate of drug-likeness (QED) is 0.549. The van der Waals surface area contributed by atoms with E-state index in [-0.39, 0.29) is 11.7 Å². The molecular formula is C10H15NO. The minimum Gasteiger partial charge on any atom is -0.319 e. The van der Waals surface area contributed by atoms with Gasteiger partial charge in [0.15, 0.2) is 5.78 Å². The molecule has 0 saturated heterocycles. The summed E-state index contributed by atoms with van der Waals surface area (Å²) in [6.45, 7) is 2.18. The van der Waals surface area contributed by atoms with Crippen molar-refractivity contribution in [2.75, 3.05) is 0 Å². The lowest BCUT2D eigenvalue weighted by Crippen LogP contribution is -2.56. The zero-order valence-electron chi connectivity index (χ0n) is 7.42. The Morgan fingerprint density at radius 3 is 3.08 bits per heavy atom. The molecule has 0 aromatic rings. The molecule has 66 valence electrons. The Morgan fingerprint density at radius 1 is 1.67 bits per heavy atom. The lowest BCUT2D eigenvalue weighted by Gasteiger charge is -2.40. The molecular weight excluding hydrogens is 150 g/mol. The highest BCUT2D eigenvalue weighted by atomic mass is 16.1. The summed E-state index contributed by atoms with van der Waals surface area (Å²) in [6, 6.07) is 0. The molecule has 2 aliphatic carbocycles. The molecule has 1 fully saturated rings. The van der Waals surface area contributed by atoms with Crippen LogP contribution in [0, 0.1) is 11.8 Å². The Morgan fingerprint density at radius 2 is 2.42 bits per heavy atom. The predicted molar refractivity (Wildman–Crippen MR) is 47.6 cm³/mol. The van der Waals surface area contributed by atoms with Crippen LogP contribution in [-0.4, -0.2) is 11.3 Å². The van der Waals surface area contributed by atoms with Crippen molar-refractivity contribution in [1.82, 2.24) is 0 Å². The smallest absolute Gasteiger partial charge is 0.159 e. The molecule has 2 heteroatoms. The van der Waals surface area contributed by atoms with Crippen LogP contribution < -0.4 is 5.73 Å². The number of nitrogens with two attached hydrogens (primary N) is 1. The topological polar surface area (TPSA) is 43.1 Å². The van der Waals surface area contributed by atoms with Crippen LogP contribution in [-0.2, 0) is 4.79 Å². The van der Waals surface area contributed by atoms with Crippen LogP contribution in [0.15, 0.2) is 12.2 Å². The number of rotatable bonds is 0. The molecule has 12 heavy (non-hydrogen) atoms. The number of allylic oxidation sites excluding steroid dienone is 1. The SMILES string of the molecule is CC1CC2C=CCC(N)(C1)C2=O. The highest BCUT2D eigenvalue weighted by Crippen LogP contribution is 2.37. The van der Waals surface area contributed by atoms with E-state index in [1.54, 1.807) is 0 Å². The van der Waals surface area contributed by atoms with E-state index < -0.39 is 5.54 Å². The van der Waals surface area contributed by atoms with Gasteiger partial charge in [-0.05, 0) is 25.2 Å². The minimum atomic E-state index is -0.517. The summed E-state index contributed by atoms with van der Waals surface area (Å²) in [5.41, 5.74) is 5.52. The second-order valence-corrected chi connectivity index (χ2v) is 4.30. The van der Waals surface area contributed by atoms with Crippen molar-refractivity contribution in [3.63, 3.8) is 0 Å². The van der Waals surface area contributed by atoms with Gasteiger partial charge in [0.05, 0.1) is 5.54 Å². The van der Waals surface area contributed by atoms with Crippen molar-refractivity contribution in [2.45, 2.75) is 31.7 Å². The second-order valence-electron chi connectivity index (χ2n) is 4.30. The molecule has 0 radical (unpaired) electrons. The molecule has 0 spiro atoms. The molecule has 2 bridgehead atoms. The summed E-state index contributed by atoms with van der Waals surface area (Å²) >= 11 is 0. The summed E-state index contributed by atoms with van der Waals surface area (Å²) in [6.07, 6.45) is 6.70. The van der Waals surface area contributed by atoms with Gasteiger partial charge in [-0.15, -0.1) is 0 Å². The van der Waals surface area contributed by atoms with Gasteiger partial charge in [-0.3, -0.25) is 4.79 Å². The fraction of sp³-hybridized carbons (Fsp3) is 0.700. The highest BCUT2D eigenvalue weighted by molar-refractivity contribution is 5.93. The first-order valence-electron chi connectivity index (χ1n) is 4.62. The number of hydrogen-bond donors (Lipinski definition) is 1. The van der Waals surface area contributed by atoms with Gasteiger partial charge in [0.2, 0.25) is 0 Å². The molecule has 3 atom stereocenters. The fourth-order valence-corrected chi connectivity index (χ4v) is 2.51. The number of Topliss-reactive ketones (excluding diaryl/α,β-unsaturated/α-hetero) is 1. The first kappa shape index (κ1) is 7.99. The predicted octanol–water partition coefficient (Wildman–Crippen LogP) is 1.26. The van der Waals surface area contributed by atoms with E-state index in [1.807, 2.05) is 6.08 Å². The maximum atomic E-state index is 11.7. The van der Waals surface area contributed by atoms with E-state index in [2.05, 4.69) is 13.0 Å². The number of fused-ring (bicyclic) bond motifs is 2. The van der Waals surface area contributed by atoms with Crippen LogP contribution >= 0.6 is 0 Å². The Kier molecular flexibility index (Phi) is 1.62. The van der Waals surface area contributed by atoms with E-state index >= 15 is 0 Å². The van der Waals surface area contributed by atoms with Gasteiger partial charge >= 0.3 is 0 Å². The Hall–Kier alpha value is -0.630. The number of carbonyl (C=O) groups is 1. The Bertz CT molecular complexity index is 246. The van der Waals surface area contributed by atoms with Crippen molar-refractivity contribution in [1.29, 1.82) is 0 Å². The first-order chi connectivity index (χ1) is 5.62. The first-order valence-corrected chi connectivity index (χ1v) is 4.62. The molecule has 2 nitrogen and oxygen atoms in total. The molecule has 0 aliphatic heterocycles. The van der Waals surface area contributed by atoms with Gasteiger partial charge in [0, 0.05) is 5.92 Å². The molecule has 3 unspecified atom stereocenters. The maximum Gasteiger partial charge on any atom is 0.159 e. The number of hydrogen-bond acceptors (Lipinski definition) is 2. The highest BCUT2D eigenvalue weighted by Gasteiger charge is 2.44. The molecule has 0 aromatic heterocycles. The third kappa shape index (κ3) is 1.02. The maximum absolute atomic E-state index is 11.7. The molecule has 2 N–H and O–H groups in total. The average Bonchev–Trinajstić information content (AvgIpc) is 1.95. The number of ketones is 1. The van der Waals surface area contributed by atoms with Gasteiger partial charge in [0.25, 0.3) is 0 Å². The Balaban J connectivity index is 2.33. The third-order valence-corrected chi connectivity index (χ3v) is 3.05. The summed E-state index contributed by atoms with van der Waals surface area (Å²) in [5, 5.41) is 0. The van der Waals surface area contributed by atoms with Gasteiger partial charge in [-0.25, -0.2) is 0 Å². The molecule has 0 amide bonds. The number of carbonyl (C=O) groups excluding carboxylic acids is 1. The van der Waals surface area contributed by atoms with E-state index in [1.165, 1.54) is 0 Å². The van der Waals surface area contributed by atoms with Crippen molar-refractivity contribution < 1.29 is 4.79 Å². The van der Waals surface area contributed by atoms with Gasteiger partial charge in [-0.2, -0.15) is 0 Å². The average molecular weight is 165 g/mol. The molecule has 0 heterocycles. The van der Waals surface area contributed by atoms with Crippen LogP contribution in [0.25, 0.3) is 0 Å². The fourth-order valence-electron chi connectivity index (χ4n) is 2.51. The molecule has 1 saturated carbocycles. The summed E-state index contributed by atoms with van der Waals surface area (Å²) in [7, 11) is 0. The van der Waals surface area contributed by atoms with E-state index in [0.717, 1.165) is 19.3 Å². The normalized spacial score (nSPS) is 46.3. The van der Waals surface area contributed by atoms with Gasteiger partial charge in [0.1, 0.15) is 0 Å². The Labute approximate surface area is 72.8 Å². The zero-order chi connectivity index (χ0) is 8.77. The molecule has 2 aliphatic rings. The van der Waals surface area contributed by atoms with Crippen molar-refractivity contribution in [3.05, 3.63) is 12.2 Å². The monoisotopic (exact) mass is 165 g/mol. The van der Waals surface area contributed by atoms with Crippen LogP contribution in [0.2, 0.25) is 0 Å². The van der Waals surface area contributed by atoms with E-state index in [0.29, 0.717) is 5.92 Å². The van der Waals surface area contributed by atoms with Crippen molar-refractivity contribution in [2.24, 2.45) is 17.6 Å². The van der Waals surface area contributed by atoms with E-state index in [4.69, 9.17) is 5.73 Å². The molecule has 2 rings (SSSR count). The van der Waals surface area contributed by atoms with Gasteiger partial charge in [-0.1, -0.05) is 19.1 Å². The third-order valence-electron chi connectivity index (χ3n) is 3.05. The largest absolute Gasteiger partial charge is 0.319 e. The van der Waals surface area contributed by atoms with Crippen LogP contribution in [0.3, 0.4) is 0 Å². The van der Waals surface area contributed by atoms with Crippen LogP contribution in [0.4, 0.5) is 0 Å². The van der Waals surface area contributed by atoms with Crippen molar-refractivity contribution in [3.8, 4) is 0 Å². The van der Waals surface area contributed by atoms with Crippen LogP contribution in [0.1, 0.15) is 26.2 Å².